The van der Waals surface area contributed by atoms with Crippen LogP contribution in [0.3, 0.4) is 0 Å². The van der Waals surface area contributed by atoms with Gasteiger partial charge in [-0.1, -0.05) is 50.6 Å². The van der Waals surface area contributed by atoms with Gasteiger partial charge in [-0.3, -0.25) is 14.5 Å². The third kappa shape index (κ3) is 1.62. The quantitative estimate of drug-likeness (QED) is 0.423. The van der Waals surface area contributed by atoms with Crippen LogP contribution < -0.4 is 0 Å². The van der Waals surface area contributed by atoms with Gasteiger partial charge in [0.2, 0.25) is 5.91 Å². The SMILES string of the molecule is C=CCN1C(=O)C2=C3CCC([Si](CC)(CC)CC)(C3)C2C1=O. The summed E-state index contributed by atoms with van der Waals surface area (Å²) in [5, 5.41) is 0.124. The number of fused-ring (bicyclic) bond motifs is 4. The molecule has 0 radical (unpaired) electrons. The van der Waals surface area contributed by atoms with Crippen LogP contribution in [0.5, 0.6) is 0 Å². The summed E-state index contributed by atoms with van der Waals surface area (Å²) < 4.78 is 0. The van der Waals surface area contributed by atoms with E-state index in [4.69, 9.17) is 0 Å². The molecule has 0 aromatic heterocycles. The summed E-state index contributed by atoms with van der Waals surface area (Å²) >= 11 is 0. The monoisotopic (exact) mass is 317 g/mol. The second-order valence-corrected chi connectivity index (χ2v) is 12.8. The van der Waals surface area contributed by atoms with Gasteiger partial charge in [-0.05, 0) is 24.3 Å². The fourth-order valence-corrected chi connectivity index (χ4v) is 11.5. The molecule has 3 aliphatic rings. The molecule has 120 valence electrons. The van der Waals surface area contributed by atoms with Crippen LogP contribution in [-0.2, 0) is 9.59 Å². The lowest BCUT2D eigenvalue weighted by Gasteiger charge is -2.48. The van der Waals surface area contributed by atoms with Crippen molar-refractivity contribution in [3.8, 4) is 0 Å². The molecule has 0 spiro atoms. The first-order valence-electron chi connectivity index (χ1n) is 8.70. The molecule has 2 atom stereocenters. The Morgan fingerprint density at radius 3 is 2.45 bits per heavy atom. The van der Waals surface area contributed by atoms with Crippen molar-refractivity contribution >= 4 is 19.9 Å². The summed E-state index contributed by atoms with van der Waals surface area (Å²) in [4.78, 5) is 27.2. The molecule has 2 unspecified atom stereocenters. The summed E-state index contributed by atoms with van der Waals surface area (Å²) in [6.45, 7) is 11.0. The van der Waals surface area contributed by atoms with Crippen molar-refractivity contribution in [3.63, 3.8) is 0 Å². The molecular weight excluding hydrogens is 290 g/mol. The number of amides is 2. The van der Waals surface area contributed by atoms with Gasteiger partial charge in [-0.2, -0.15) is 0 Å². The Kier molecular flexibility index (Phi) is 3.71. The van der Waals surface area contributed by atoms with E-state index in [1.165, 1.54) is 28.6 Å². The van der Waals surface area contributed by atoms with Crippen LogP contribution in [0.4, 0.5) is 0 Å². The van der Waals surface area contributed by atoms with E-state index in [0.717, 1.165) is 24.8 Å². The summed E-state index contributed by atoms with van der Waals surface area (Å²) in [5.74, 6) is -0.0604. The fourth-order valence-electron chi connectivity index (χ4n) is 5.79. The van der Waals surface area contributed by atoms with Crippen molar-refractivity contribution in [1.29, 1.82) is 0 Å². The highest BCUT2D eigenvalue weighted by atomic mass is 28.3. The maximum absolute atomic E-state index is 13.0. The van der Waals surface area contributed by atoms with Gasteiger partial charge in [-0.15, -0.1) is 6.58 Å². The van der Waals surface area contributed by atoms with E-state index in [-0.39, 0.29) is 22.8 Å². The number of hydrogen-bond acceptors (Lipinski definition) is 2. The Bertz CT molecular complexity index is 567. The number of hydrogen-bond donors (Lipinski definition) is 0. The highest BCUT2D eigenvalue weighted by Gasteiger charge is 2.67. The van der Waals surface area contributed by atoms with Crippen molar-refractivity contribution in [2.24, 2.45) is 5.92 Å². The molecule has 4 heteroatoms. The van der Waals surface area contributed by atoms with Crippen LogP contribution in [0, 0.1) is 5.92 Å². The second-order valence-electron chi connectivity index (χ2n) is 7.17. The summed E-state index contributed by atoms with van der Waals surface area (Å²) in [6, 6.07) is 3.67. The van der Waals surface area contributed by atoms with Gasteiger partial charge < -0.3 is 0 Å². The second kappa shape index (κ2) is 5.19. The molecule has 2 fully saturated rings. The van der Waals surface area contributed by atoms with E-state index >= 15 is 0 Å². The molecule has 3 nitrogen and oxygen atoms in total. The van der Waals surface area contributed by atoms with Gasteiger partial charge in [0.05, 0.1) is 14.0 Å². The predicted octanol–water partition coefficient (Wildman–Crippen LogP) is 3.90. The molecule has 1 heterocycles. The highest BCUT2D eigenvalue weighted by Crippen LogP contribution is 2.71. The Labute approximate surface area is 134 Å². The van der Waals surface area contributed by atoms with Gasteiger partial charge in [0.1, 0.15) is 0 Å². The number of nitrogens with zero attached hydrogens (tertiary/aromatic N) is 1. The smallest absolute Gasteiger partial charge is 0.257 e. The topological polar surface area (TPSA) is 37.4 Å². The Balaban J connectivity index is 2.11. The van der Waals surface area contributed by atoms with Crippen LogP contribution in [0.2, 0.25) is 23.2 Å². The van der Waals surface area contributed by atoms with Gasteiger partial charge in [0.15, 0.2) is 0 Å². The molecule has 1 aliphatic heterocycles. The molecule has 3 rings (SSSR count). The third-order valence-electron chi connectivity index (χ3n) is 7.01. The zero-order chi connectivity index (χ0) is 16.1. The number of carbonyl (C=O) groups is 2. The van der Waals surface area contributed by atoms with Gasteiger partial charge in [0.25, 0.3) is 5.91 Å². The predicted molar refractivity (Wildman–Crippen MR) is 91.2 cm³/mol. The fraction of sp³-hybridized carbons (Fsp3) is 0.667. The Hall–Kier alpha value is -1.16. The number of rotatable bonds is 6. The van der Waals surface area contributed by atoms with E-state index in [0.29, 0.717) is 6.54 Å². The zero-order valence-corrected chi connectivity index (χ0v) is 15.1. The number of carbonyl (C=O) groups excluding carboxylic acids is 2. The highest BCUT2D eigenvalue weighted by molar-refractivity contribution is 6.83. The molecule has 2 amide bonds. The lowest BCUT2D eigenvalue weighted by molar-refractivity contribution is -0.138. The molecule has 1 saturated carbocycles. The van der Waals surface area contributed by atoms with Gasteiger partial charge in [0, 0.05) is 12.1 Å². The van der Waals surface area contributed by atoms with E-state index < -0.39 is 8.07 Å². The Morgan fingerprint density at radius 2 is 1.91 bits per heavy atom. The molecular formula is C18H27NO2Si. The molecule has 2 bridgehead atoms. The van der Waals surface area contributed by atoms with Crippen LogP contribution in [0.25, 0.3) is 0 Å². The van der Waals surface area contributed by atoms with Gasteiger partial charge in [-0.25, -0.2) is 0 Å². The van der Waals surface area contributed by atoms with Crippen molar-refractivity contribution in [1.82, 2.24) is 4.90 Å². The van der Waals surface area contributed by atoms with Crippen LogP contribution in [0.1, 0.15) is 40.0 Å². The first kappa shape index (κ1) is 15.7. The van der Waals surface area contributed by atoms with Crippen molar-refractivity contribution in [3.05, 3.63) is 23.8 Å². The lowest BCUT2D eigenvalue weighted by atomic mass is 9.87. The van der Waals surface area contributed by atoms with Crippen LogP contribution in [-0.4, -0.2) is 31.3 Å². The van der Waals surface area contributed by atoms with Crippen LogP contribution in [0.15, 0.2) is 23.8 Å². The van der Waals surface area contributed by atoms with E-state index in [1.54, 1.807) is 6.08 Å². The first-order chi connectivity index (χ1) is 10.5. The molecule has 22 heavy (non-hydrogen) atoms. The molecule has 0 N–H and O–H groups in total. The third-order valence-corrected chi connectivity index (χ3v) is 13.9. The summed E-state index contributed by atoms with van der Waals surface area (Å²) in [6.07, 6.45) is 4.88. The normalized spacial score (nSPS) is 30.5. The van der Waals surface area contributed by atoms with Crippen molar-refractivity contribution < 1.29 is 9.59 Å². The molecule has 0 aromatic carbocycles. The Morgan fingerprint density at radius 1 is 1.27 bits per heavy atom. The minimum atomic E-state index is -1.57. The van der Waals surface area contributed by atoms with E-state index in [1.807, 2.05) is 0 Å². The van der Waals surface area contributed by atoms with Crippen LogP contribution >= 0.6 is 0 Å². The van der Waals surface area contributed by atoms with Crippen molar-refractivity contribution in [2.45, 2.75) is 63.2 Å². The maximum atomic E-state index is 13.0. The average molecular weight is 318 g/mol. The largest absolute Gasteiger partial charge is 0.274 e. The summed E-state index contributed by atoms with van der Waals surface area (Å²) in [5.41, 5.74) is 2.20. The lowest BCUT2D eigenvalue weighted by Crippen LogP contribution is -2.50. The average Bonchev–Trinajstić information content (AvgIpc) is 3.17. The minimum absolute atomic E-state index is 0.0160. The molecule has 1 saturated heterocycles. The summed E-state index contributed by atoms with van der Waals surface area (Å²) in [7, 11) is -1.57. The van der Waals surface area contributed by atoms with Crippen molar-refractivity contribution in [2.75, 3.05) is 6.54 Å². The maximum Gasteiger partial charge on any atom is 0.257 e. The standard InChI is InChI=1S/C18H27NO2Si/c1-5-11-19-16(20)14-13-9-10-18(12-13,15(14)17(19)21)22(6-2,7-3)8-4/h5,15H,1,6-12H2,2-4H3. The number of imide groups is 1. The zero-order valence-electron chi connectivity index (χ0n) is 14.1. The van der Waals surface area contributed by atoms with E-state index in [2.05, 4.69) is 27.4 Å². The first-order valence-corrected chi connectivity index (χ1v) is 11.3. The van der Waals surface area contributed by atoms with Gasteiger partial charge >= 0.3 is 0 Å². The minimum Gasteiger partial charge on any atom is -0.274 e. The molecule has 2 aliphatic carbocycles. The number of allylic oxidation sites excluding steroid dienone is 1. The number of likely N-dealkylation sites (tertiary alicyclic amines) is 1. The molecule has 0 aromatic rings. The van der Waals surface area contributed by atoms with E-state index in [9.17, 15) is 9.59 Å².